The Hall–Kier alpha value is -3.09. The van der Waals surface area contributed by atoms with Crippen LogP contribution in [0, 0.1) is 0 Å². The van der Waals surface area contributed by atoms with Crippen molar-refractivity contribution in [2.75, 3.05) is 38.2 Å². The Kier molecular flexibility index (Phi) is 6.69. The van der Waals surface area contributed by atoms with Gasteiger partial charge in [0.15, 0.2) is 0 Å². The van der Waals surface area contributed by atoms with Crippen molar-refractivity contribution in [3.8, 4) is 5.75 Å². The van der Waals surface area contributed by atoms with Gasteiger partial charge < -0.3 is 19.9 Å². The lowest BCUT2D eigenvalue weighted by Gasteiger charge is -2.36. The molecule has 2 amide bonds. The van der Waals surface area contributed by atoms with Gasteiger partial charge in [0.1, 0.15) is 11.4 Å². The molecule has 1 N–H and O–H groups in total. The average Bonchev–Trinajstić information content (AvgIpc) is 2.78. The molecule has 154 valence electrons. The highest BCUT2D eigenvalue weighted by atomic mass is 16.5. The van der Waals surface area contributed by atoms with E-state index in [2.05, 4.69) is 15.2 Å². The van der Waals surface area contributed by atoms with Gasteiger partial charge in [0, 0.05) is 49.7 Å². The Labute approximate surface area is 171 Å². The van der Waals surface area contributed by atoms with E-state index in [1.807, 2.05) is 43.0 Å². The number of methoxy groups -OCH3 is 1. The van der Waals surface area contributed by atoms with Crippen molar-refractivity contribution in [2.45, 2.75) is 26.3 Å². The third-order valence-corrected chi connectivity index (χ3v) is 5.23. The number of ether oxygens (including phenoxy) is 1. The molecule has 0 bridgehead atoms. The number of rotatable bonds is 6. The van der Waals surface area contributed by atoms with Gasteiger partial charge in [-0.2, -0.15) is 0 Å². The smallest absolute Gasteiger partial charge is 0.270 e. The zero-order chi connectivity index (χ0) is 20.8. The summed E-state index contributed by atoms with van der Waals surface area (Å²) in [6, 6.07) is 11.2. The van der Waals surface area contributed by atoms with Gasteiger partial charge in [0.2, 0.25) is 0 Å². The van der Waals surface area contributed by atoms with Crippen LogP contribution in [0.4, 0.5) is 5.69 Å². The molecule has 1 aliphatic rings. The van der Waals surface area contributed by atoms with E-state index in [0.29, 0.717) is 18.7 Å². The Morgan fingerprint density at radius 3 is 2.45 bits per heavy atom. The molecule has 2 heterocycles. The van der Waals surface area contributed by atoms with Crippen LogP contribution in [0.1, 0.15) is 41.1 Å². The summed E-state index contributed by atoms with van der Waals surface area (Å²) in [6.07, 6.45) is 2.36. The number of pyridine rings is 1. The number of carbonyl (C=O) groups excluding carboxylic acids is 2. The fourth-order valence-electron chi connectivity index (χ4n) is 3.23. The Bertz CT molecular complexity index is 845. The van der Waals surface area contributed by atoms with Gasteiger partial charge in [-0.15, -0.1) is 0 Å². The molecular weight excluding hydrogens is 368 g/mol. The van der Waals surface area contributed by atoms with Gasteiger partial charge in [-0.25, -0.2) is 0 Å². The highest BCUT2D eigenvalue weighted by Crippen LogP contribution is 2.21. The lowest BCUT2D eigenvalue weighted by molar-refractivity contribution is 0.0746. The van der Waals surface area contributed by atoms with Gasteiger partial charge in [0.25, 0.3) is 11.8 Å². The first-order valence-corrected chi connectivity index (χ1v) is 9.97. The molecule has 1 unspecified atom stereocenters. The maximum atomic E-state index is 12.9. The maximum Gasteiger partial charge on any atom is 0.270 e. The number of amides is 2. The molecule has 7 nitrogen and oxygen atoms in total. The van der Waals surface area contributed by atoms with Crippen molar-refractivity contribution in [3.05, 3.63) is 53.9 Å². The summed E-state index contributed by atoms with van der Waals surface area (Å²) in [6.45, 7) is 6.71. The minimum absolute atomic E-state index is 0.0645. The summed E-state index contributed by atoms with van der Waals surface area (Å²) >= 11 is 0. The summed E-state index contributed by atoms with van der Waals surface area (Å²) in [5.74, 6) is 0.506. The molecule has 7 heteroatoms. The molecule has 1 atom stereocenters. The number of hydrogen-bond donors (Lipinski definition) is 1. The van der Waals surface area contributed by atoms with Crippen LogP contribution in [0.25, 0.3) is 0 Å². The van der Waals surface area contributed by atoms with E-state index in [-0.39, 0.29) is 23.6 Å². The van der Waals surface area contributed by atoms with Crippen LogP contribution in [-0.2, 0) is 0 Å². The van der Waals surface area contributed by atoms with E-state index in [9.17, 15) is 9.59 Å². The second-order valence-electron chi connectivity index (χ2n) is 7.19. The Morgan fingerprint density at radius 1 is 1.14 bits per heavy atom. The molecule has 1 aromatic carbocycles. The quantitative estimate of drug-likeness (QED) is 0.812. The van der Waals surface area contributed by atoms with E-state index in [4.69, 9.17) is 4.74 Å². The number of nitrogens with zero attached hydrogens (tertiary/aromatic N) is 3. The van der Waals surface area contributed by atoms with Crippen molar-refractivity contribution in [2.24, 2.45) is 0 Å². The summed E-state index contributed by atoms with van der Waals surface area (Å²) in [5.41, 5.74) is 1.88. The summed E-state index contributed by atoms with van der Waals surface area (Å²) in [7, 11) is 1.65. The van der Waals surface area contributed by atoms with E-state index in [1.165, 1.54) is 6.20 Å². The molecule has 29 heavy (non-hydrogen) atoms. The number of benzene rings is 1. The van der Waals surface area contributed by atoms with Crippen molar-refractivity contribution < 1.29 is 14.3 Å². The topological polar surface area (TPSA) is 74.8 Å². The predicted molar refractivity (Wildman–Crippen MR) is 113 cm³/mol. The first kappa shape index (κ1) is 20.6. The first-order valence-electron chi connectivity index (χ1n) is 9.97. The summed E-state index contributed by atoms with van der Waals surface area (Å²) in [4.78, 5) is 33.4. The standard InChI is InChI=1S/C22H28N4O3/c1-4-16(2)24-21(27)20-15-17(9-10-23-20)22(28)26-13-11-25(12-14-26)18-5-7-19(29-3)8-6-18/h5-10,15-16H,4,11-14H2,1-3H3,(H,24,27). The molecule has 1 aromatic heterocycles. The Balaban J connectivity index is 1.61. The highest BCUT2D eigenvalue weighted by molar-refractivity contribution is 5.98. The van der Waals surface area contributed by atoms with E-state index < -0.39 is 0 Å². The fraction of sp³-hybridized carbons (Fsp3) is 0.409. The summed E-state index contributed by atoms with van der Waals surface area (Å²) in [5, 5.41) is 2.88. The van der Waals surface area contributed by atoms with E-state index in [0.717, 1.165) is 30.9 Å². The van der Waals surface area contributed by atoms with Crippen molar-refractivity contribution in [3.63, 3.8) is 0 Å². The van der Waals surface area contributed by atoms with Gasteiger partial charge in [-0.3, -0.25) is 14.6 Å². The minimum atomic E-state index is -0.252. The molecule has 2 aromatic rings. The van der Waals surface area contributed by atoms with Crippen molar-refractivity contribution >= 4 is 17.5 Å². The van der Waals surface area contributed by atoms with Gasteiger partial charge in [-0.1, -0.05) is 6.92 Å². The van der Waals surface area contributed by atoms with Gasteiger partial charge >= 0.3 is 0 Å². The largest absolute Gasteiger partial charge is 0.497 e. The first-order chi connectivity index (χ1) is 14.0. The predicted octanol–water partition coefficient (Wildman–Crippen LogP) is 2.58. The van der Waals surface area contributed by atoms with Crippen LogP contribution < -0.4 is 15.0 Å². The number of aromatic nitrogens is 1. The van der Waals surface area contributed by atoms with E-state index >= 15 is 0 Å². The fourth-order valence-corrected chi connectivity index (χ4v) is 3.23. The molecular formula is C22H28N4O3. The molecule has 0 aliphatic carbocycles. The van der Waals surface area contributed by atoms with Crippen LogP contribution in [0.2, 0.25) is 0 Å². The number of piperazine rings is 1. The summed E-state index contributed by atoms with van der Waals surface area (Å²) < 4.78 is 5.20. The second-order valence-corrected chi connectivity index (χ2v) is 7.19. The monoisotopic (exact) mass is 396 g/mol. The van der Waals surface area contributed by atoms with Gasteiger partial charge in [0.05, 0.1) is 7.11 Å². The number of hydrogen-bond acceptors (Lipinski definition) is 5. The number of nitrogens with one attached hydrogen (secondary N) is 1. The van der Waals surface area contributed by atoms with Crippen LogP contribution in [-0.4, -0.2) is 61.0 Å². The molecule has 3 rings (SSSR count). The SMILES string of the molecule is CCC(C)NC(=O)c1cc(C(=O)N2CCN(c3ccc(OC)cc3)CC2)ccn1. The van der Waals surface area contributed by atoms with Crippen LogP contribution >= 0.6 is 0 Å². The van der Waals surface area contributed by atoms with Crippen molar-refractivity contribution in [1.29, 1.82) is 0 Å². The minimum Gasteiger partial charge on any atom is -0.497 e. The Morgan fingerprint density at radius 2 is 1.83 bits per heavy atom. The average molecular weight is 396 g/mol. The molecule has 0 saturated carbocycles. The van der Waals surface area contributed by atoms with Crippen molar-refractivity contribution in [1.82, 2.24) is 15.2 Å². The lowest BCUT2D eigenvalue weighted by Crippen LogP contribution is -2.48. The van der Waals surface area contributed by atoms with Crippen LogP contribution in [0.15, 0.2) is 42.6 Å². The zero-order valence-corrected chi connectivity index (χ0v) is 17.2. The zero-order valence-electron chi connectivity index (χ0n) is 17.2. The normalized spacial score (nSPS) is 15.0. The highest BCUT2D eigenvalue weighted by Gasteiger charge is 2.23. The maximum absolute atomic E-state index is 12.9. The molecule has 1 aliphatic heterocycles. The third kappa shape index (κ3) is 5.04. The van der Waals surface area contributed by atoms with Crippen LogP contribution in [0.5, 0.6) is 5.75 Å². The second kappa shape index (κ2) is 9.41. The van der Waals surface area contributed by atoms with Gasteiger partial charge in [-0.05, 0) is 49.7 Å². The number of anilines is 1. The number of carbonyl (C=O) groups is 2. The van der Waals surface area contributed by atoms with Crippen LogP contribution in [0.3, 0.4) is 0 Å². The third-order valence-electron chi connectivity index (χ3n) is 5.23. The molecule has 1 fully saturated rings. The van der Waals surface area contributed by atoms with E-state index in [1.54, 1.807) is 19.2 Å². The lowest BCUT2D eigenvalue weighted by atomic mass is 10.1. The molecule has 0 spiro atoms. The molecule has 1 saturated heterocycles. The molecule has 0 radical (unpaired) electrons.